The van der Waals surface area contributed by atoms with Gasteiger partial charge in [-0.25, -0.2) is 0 Å². The van der Waals surface area contributed by atoms with Crippen molar-refractivity contribution in [3.05, 3.63) is 63.8 Å². The SMILES string of the molecule is CCOc1ccc(C2CC(=O)NC3=C2C(=O)CC(c2ccc(OCC)c(OC)c2)C3)cc1Cl. The summed E-state index contributed by atoms with van der Waals surface area (Å²) in [6.07, 6.45) is 1.16. The lowest BCUT2D eigenvalue weighted by molar-refractivity contribution is -0.122. The molecular weight excluding hydrogens is 442 g/mol. The van der Waals surface area contributed by atoms with Gasteiger partial charge in [-0.1, -0.05) is 23.7 Å². The first-order chi connectivity index (χ1) is 15.9. The molecule has 0 bridgehead atoms. The number of ether oxygens (including phenoxy) is 3. The average molecular weight is 470 g/mol. The van der Waals surface area contributed by atoms with Gasteiger partial charge in [0.05, 0.1) is 25.3 Å². The Morgan fingerprint density at radius 1 is 0.909 bits per heavy atom. The topological polar surface area (TPSA) is 73.9 Å². The molecule has 1 amide bonds. The van der Waals surface area contributed by atoms with E-state index in [1.807, 2.05) is 38.1 Å². The van der Waals surface area contributed by atoms with Gasteiger partial charge in [0.15, 0.2) is 17.3 Å². The summed E-state index contributed by atoms with van der Waals surface area (Å²) in [7, 11) is 1.60. The van der Waals surface area contributed by atoms with Crippen LogP contribution in [-0.2, 0) is 9.59 Å². The number of ketones is 1. The predicted molar refractivity (Wildman–Crippen MR) is 126 cm³/mol. The predicted octanol–water partition coefficient (Wildman–Crippen LogP) is 5.15. The van der Waals surface area contributed by atoms with Crippen LogP contribution in [0.15, 0.2) is 47.7 Å². The lowest BCUT2D eigenvalue weighted by Gasteiger charge is -2.34. The van der Waals surface area contributed by atoms with Gasteiger partial charge in [-0.3, -0.25) is 9.59 Å². The van der Waals surface area contributed by atoms with E-state index in [9.17, 15) is 9.59 Å². The van der Waals surface area contributed by atoms with Crippen molar-refractivity contribution in [2.45, 2.75) is 44.9 Å². The van der Waals surface area contributed by atoms with Gasteiger partial charge in [0.25, 0.3) is 0 Å². The zero-order valence-electron chi connectivity index (χ0n) is 19.1. The van der Waals surface area contributed by atoms with Crippen LogP contribution in [0.5, 0.6) is 17.2 Å². The third-order valence-corrected chi connectivity index (χ3v) is 6.45. The van der Waals surface area contributed by atoms with Crippen molar-refractivity contribution >= 4 is 23.3 Å². The number of carbonyl (C=O) groups excluding carboxylic acids is 2. The van der Waals surface area contributed by atoms with E-state index in [0.717, 1.165) is 11.1 Å². The molecule has 1 N–H and O–H groups in total. The number of Topliss-reactive ketones (excluding diaryl/α,β-unsaturated/α-hetero) is 1. The fourth-order valence-electron chi connectivity index (χ4n) is 4.70. The number of methoxy groups -OCH3 is 1. The molecule has 2 atom stereocenters. The average Bonchev–Trinajstić information content (AvgIpc) is 2.80. The molecule has 0 saturated carbocycles. The van der Waals surface area contributed by atoms with Crippen LogP contribution in [0.3, 0.4) is 0 Å². The van der Waals surface area contributed by atoms with E-state index < -0.39 is 0 Å². The number of rotatable bonds is 7. The molecule has 0 radical (unpaired) electrons. The van der Waals surface area contributed by atoms with Crippen molar-refractivity contribution in [2.24, 2.45) is 0 Å². The lowest BCUT2D eigenvalue weighted by Crippen LogP contribution is -2.38. The number of allylic oxidation sites excluding steroid dienone is 2. The zero-order chi connectivity index (χ0) is 23.5. The molecule has 33 heavy (non-hydrogen) atoms. The summed E-state index contributed by atoms with van der Waals surface area (Å²) in [6.45, 7) is 4.86. The molecule has 2 aromatic rings. The van der Waals surface area contributed by atoms with E-state index in [1.165, 1.54) is 0 Å². The fraction of sp³-hybridized carbons (Fsp3) is 0.385. The van der Waals surface area contributed by atoms with E-state index in [1.54, 1.807) is 19.2 Å². The van der Waals surface area contributed by atoms with Crippen LogP contribution in [0.25, 0.3) is 0 Å². The summed E-state index contributed by atoms with van der Waals surface area (Å²) < 4.78 is 16.6. The first-order valence-electron chi connectivity index (χ1n) is 11.2. The molecule has 6 nitrogen and oxygen atoms in total. The van der Waals surface area contributed by atoms with Gasteiger partial charge in [-0.15, -0.1) is 0 Å². The number of hydrogen-bond acceptors (Lipinski definition) is 5. The minimum Gasteiger partial charge on any atom is -0.493 e. The van der Waals surface area contributed by atoms with Crippen molar-refractivity contribution in [3.63, 3.8) is 0 Å². The Morgan fingerprint density at radius 2 is 1.61 bits per heavy atom. The van der Waals surface area contributed by atoms with Crippen LogP contribution in [0.4, 0.5) is 0 Å². The molecular formula is C26H28ClNO5. The lowest BCUT2D eigenvalue weighted by atomic mass is 9.73. The smallest absolute Gasteiger partial charge is 0.225 e. The highest BCUT2D eigenvalue weighted by molar-refractivity contribution is 6.32. The number of hydrogen-bond donors (Lipinski definition) is 1. The standard InChI is InChI=1S/C26H28ClNO5/c1-4-32-22-8-7-16(10-19(22)27)18-14-25(30)28-20-11-17(12-21(29)26(18)20)15-6-9-23(33-5-2)24(13-15)31-3/h6-10,13,17-18H,4-5,11-12,14H2,1-3H3,(H,28,30). The van der Waals surface area contributed by atoms with E-state index in [0.29, 0.717) is 59.6 Å². The molecule has 174 valence electrons. The van der Waals surface area contributed by atoms with Crippen LogP contribution >= 0.6 is 11.6 Å². The summed E-state index contributed by atoms with van der Waals surface area (Å²) in [5.41, 5.74) is 3.22. The molecule has 4 rings (SSSR count). The Balaban J connectivity index is 1.65. The molecule has 2 unspecified atom stereocenters. The zero-order valence-corrected chi connectivity index (χ0v) is 19.8. The maximum Gasteiger partial charge on any atom is 0.225 e. The van der Waals surface area contributed by atoms with E-state index >= 15 is 0 Å². The molecule has 1 aliphatic heterocycles. The van der Waals surface area contributed by atoms with Gasteiger partial charge in [-0.2, -0.15) is 0 Å². The highest BCUT2D eigenvalue weighted by Crippen LogP contribution is 2.44. The maximum atomic E-state index is 13.4. The minimum absolute atomic E-state index is 0.0455. The van der Waals surface area contributed by atoms with Gasteiger partial charge in [0.2, 0.25) is 5.91 Å². The van der Waals surface area contributed by atoms with Gasteiger partial charge in [0, 0.05) is 30.0 Å². The Bertz CT molecular complexity index is 1110. The second-order valence-electron chi connectivity index (χ2n) is 8.19. The molecule has 2 aliphatic rings. The molecule has 7 heteroatoms. The fourth-order valence-corrected chi connectivity index (χ4v) is 4.94. The van der Waals surface area contributed by atoms with Crippen molar-refractivity contribution in [3.8, 4) is 17.2 Å². The largest absolute Gasteiger partial charge is 0.493 e. The van der Waals surface area contributed by atoms with E-state index in [4.69, 9.17) is 25.8 Å². The van der Waals surface area contributed by atoms with Gasteiger partial charge < -0.3 is 19.5 Å². The molecule has 0 spiro atoms. The van der Waals surface area contributed by atoms with Gasteiger partial charge in [-0.05, 0) is 61.6 Å². The van der Waals surface area contributed by atoms with Crippen LogP contribution in [-0.4, -0.2) is 32.0 Å². The second kappa shape index (κ2) is 9.87. The maximum absolute atomic E-state index is 13.4. The summed E-state index contributed by atoms with van der Waals surface area (Å²) in [4.78, 5) is 25.9. The molecule has 0 aromatic heterocycles. The van der Waals surface area contributed by atoms with Gasteiger partial charge >= 0.3 is 0 Å². The number of halogens is 1. The van der Waals surface area contributed by atoms with Gasteiger partial charge in [0.1, 0.15) is 5.75 Å². The second-order valence-corrected chi connectivity index (χ2v) is 8.60. The third kappa shape index (κ3) is 4.71. The third-order valence-electron chi connectivity index (χ3n) is 6.15. The quantitative estimate of drug-likeness (QED) is 0.607. The number of amides is 1. The number of benzene rings is 2. The Morgan fingerprint density at radius 3 is 2.30 bits per heavy atom. The van der Waals surface area contributed by atoms with Crippen LogP contribution < -0.4 is 19.5 Å². The van der Waals surface area contributed by atoms with E-state index in [-0.39, 0.29) is 29.9 Å². The monoisotopic (exact) mass is 469 g/mol. The summed E-state index contributed by atoms with van der Waals surface area (Å²) >= 11 is 6.39. The summed E-state index contributed by atoms with van der Waals surface area (Å²) in [5, 5.41) is 3.44. The van der Waals surface area contributed by atoms with Crippen LogP contribution in [0.2, 0.25) is 5.02 Å². The molecule has 0 fully saturated rings. The minimum atomic E-state index is -0.315. The van der Waals surface area contributed by atoms with Crippen LogP contribution in [0.1, 0.15) is 56.1 Å². The first-order valence-corrected chi connectivity index (χ1v) is 11.6. The molecule has 2 aromatic carbocycles. The highest BCUT2D eigenvalue weighted by Gasteiger charge is 2.38. The molecule has 1 heterocycles. The summed E-state index contributed by atoms with van der Waals surface area (Å²) in [5.74, 6) is 1.48. The van der Waals surface area contributed by atoms with Crippen LogP contribution in [0, 0.1) is 0 Å². The number of nitrogens with one attached hydrogen (secondary N) is 1. The molecule has 0 saturated heterocycles. The Kier molecular flexibility index (Phi) is 6.94. The van der Waals surface area contributed by atoms with Crippen molar-refractivity contribution in [1.29, 1.82) is 0 Å². The molecule has 1 aliphatic carbocycles. The number of carbonyl (C=O) groups is 2. The highest BCUT2D eigenvalue weighted by atomic mass is 35.5. The van der Waals surface area contributed by atoms with E-state index in [2.05, 4.69) is 5.32 Å². The first kappa shape index (κ1) is 23.2. The van der Waals surface area contributed by atoms with Crippen molar-refractivity contribution < 1.29 is 23.8 Å². The Labute approximate surface area is 198 Å². The summed E-state index contributed by atoms with van der Waals surface area (Å²) in [6, 6.07) is 11.2. The normalized spacial score (nSPS) is 20.2. The Hall–Kier alpha value is -2.99. The van der Waals surface area contributed by atoms with Crippen molar-refractivity contribution in [2.75, 3.05) is 20.3 Å². The van der Waals surface area contributed by atoms with Crippen molar-refractivity contribution in [1.82, 2.24) is 5.32 Å².